The number of carbonyl (C=O) groups excluding carboxylic acids is 3. The summed E-state index contributed by atoms with van der Waals surface area (Å²) < 4.78 is 5.34. The van der Waals surface area contributed by atoms with Crippen molar-refractivity contribution in [2.24, 2.45) is 0 Å². The van der Waals surface area contributed by atoms with Gasteiger partial charge in [-0.3, -0.25) is 9.59 Å². The number of likely N-dealkylation sites (N-methyl/N-ethyl adjacent to an activating group) is 1. The van der Waals surface area contributed by atoms with Crippen LogP contribution < -0.4 is 5.32 Å². The summed E-state index contributed by atoms with van der Waals surface area (Å²) in [5.74, 6) is -0.502. The van der Waals surface area contributed by atoms with Crippen molar-refractivity contribution in [3.05, 3.63) is 36.0 Å². The Morgan fingerprint density at radius 1 is 1.14 bits per heavy atom. The van der Waals surface area contributed by atoms with Crippen molar-refractivity contribution in [1.82, 2.24) is 15.2 Å². The SMILES string of the molecule is CC(=O)C(C)(C)N(C)C(=O)[C@@H](Cc1c[nH]c2ccccc12)NC(=O)OC(C)(C)C. The number of amides is 2. The Bertz CT molecular complexity index is 908. The summed E-state index contributed by atoms with van der Waals surface area (Å²) in [6.45, 7) is 10.1. The third-order valence-corrected chi connectivity index (χ3v) is 5.12. The zero-order valence-electron chi connectivity index (χ0n) is 18.3. The average Bonchev–Trinajstić information content (AvgIpc) is 3.01. The van der Waals surface area contributed by atoms with E-state index in [0.29, 0.717) is 0 Å². The first-order valence-electron chi connectivity index (χ1n) is 9.66. The number of hydrogen-bond acceptors (Lipinski definition) is 4. The van der Waals surface area contributed by atoms with Gasteiger partial charge in [-0.2, -0.15) is 0 Å². The second-order valence-electron chi connectivity index (χ2n) is 8.77. The molecule has 1 aromatic carbocycles. The first-order valence-corrected chi connectivity index (χ1v) is 9.66. The summed E-state index contributed by atoms with van der Waals surface area (Å²) in [5, 5.41) is 3.67. The predicted octanol–water partition coefficient (Wildman–Crippen LogP) is 3.43. The monoisotopic (exact) mass is 401 g/mol. The molecular weight excluding hydrogens is 370 g/mol. The highest BCUT2D eigenvalue weighted by Gasteiger charge is 2.37. The molecule has 0 spiro atoms. The fraction of sp³-hybridized carbons (Fsp3) is 0.500. The summed E-state index contributed by atoms with van der Waals surface area (Å²) >= 11 is 0. The number of Topliss-reactive ketones (excluding diaryl/α,β-unsaturated/α-hetero) is 1. The lowest BCUT2D eigenvalue weighted by atomic mass is 9.96. The average molecular weight is 402 g/mol. The molecule has 158 valence electrons. The van der Waals surface area contributed by atoms with Crippen LogP contribution in [0, 0.1) is 0 Å². The van der Waals surface area contributed by atoms with E-state index in [-0.39, 0.29) is 18.1 Å². The van der Waals surface area contributed by atoms with E-state index in [1.807, 2.05) is 30.5 Å². The number of aromatic nitrogens is 1. The quantitative estimate of drug-likeness (QED) is 0.776. The van der Waals surface area contributed by atoms with Crippen molar-refractivity contribution in [3.8, 4) is 0 Å². The van der Waals surface area contributed by atoms with Crippen LogP contribution in [0.15, 0.2) is 30.5 Å². The van der Waals surface area contributed by atoms with E-state index >= 15 is 0 Å². The van der Waals surface area contributed by atoms with Gasteiger partial charge in [0.25, 0.3) is 0 Å². The molecular formula is C22H31N3O4. The van der Waals surface area contributed by atoms with E-state index < -0.39 is 23.3 Å². The first kappa shape index (κ1) is 22.5. The van der Waals surface area contributed by atoms with Crippen LogP contribution in [0.4, 0.5) is 4.79 Å². The molecule has 0 radical (unpaired) electrons. The highest BCUT2D eigenvalue weighted by molar-refractivity contribution is 5.94. The molecule has 1 heterocycles. The molecule has 1 aromatic heterocycles. The minimum atomic E-state index is -0.995. The van der Waals surface area contributed by atoms with Crippen molar-refractivity contribution in [2.75, 3.05) is 7.05 Å². The van der Waals surface area contributed by atoms with Gasteiger partial charge in [0.1, 0.15) is 11.6 Å². The molecule has 2 aromatic rings. The fourth-order valence-electron chi connectivity index (χ4n) is 2.92. The van der Waals surface area contributed by atoms with Crippen molar-refractivity contribution in [2.45, 2.75) is 65.1 Å². The Balaban J connectivity index is 2.33. The van der Waals surface area contributed by atoms with Gasteiger partial charge in [-0.1, -0.05) is 18.2 Å². The molecule has 0 aliphatic rings. The van der Waals surface area contributed by atoms with E-state index in [9.17, 15) is 14.4 Å². The maximum atomic E-state index is 13.3. The molecule has 0 aliphatic heterocycles. The Hall–Kier alpha value is -2.83. The minimum absolute atomic E-state index is 0.142. The van der Waals surface area contributed by atoms with E-state index in [1.54, 1.807) is 41.7 Å². The predicted molar refractivity (Wildman–Crippen MR) is 113 cm³/mol. The summed E-state index contributed by atoms with van der Waals surface area (Å²) in [4.78, 5) is 42.2. The molecule has 7 nitrogen and oxygen atoms in total. The number of alkyl carbamates (subject to hydrolysis) is 1. The van der Waals surface area contributed by atoms with E-state index in [0.717, 1.165) is 16.5 Å². The zero-order chi connectivity index (χ0) is 22.0. The van der Waals surface area contributed by atoms with Crippen molar-refractivity contribution < 1.29 is 19.1 Å². The second-order valence-corrected chi connectivity index (χ2v) is 8.77. The topological polar surface area (TPSA) is 91.5 Å². The number of nitrogens with one attached hydrogen (secondary N) is 2. The van der Waals surface area contributed by atoms with E-state index in [2.05, 4.69) is 10.3 Å². The van der Waals surface area contributed by atoms with Crippen LogP contribution in [0.5, 0.6) is 0 Å². The van der Waals surface area contributed by atoms with Crippen molar-refractivity contribution >= 4 is 28.7 Å². The molecule has 0 aliphatic carbocycles. The Labute approximate surface area is 171 Å². The van der Waals surface area contributed by atoms with Crippen LogP contribution in [0.3, 0.4) is 0 Å². The fourth-order valence-corrected chi connectivity index (χ4v) is 2.92. The van der Waals surface area contributed by atoms with Gasteiger partial charge in [-0.25, -0.2) is 4.79 Å². The van der Waals surface area contributed by atoms with Gasteiger partial charge in [-0.05, 0) is 53.2 Å². The van der Waals surface area contributed by atoms with Crippen LogP contribution in [-0.2, 0) is 20.7 Å². The zero-order valence-corrected chi connectivity index (χ0v) is 18.3. The van der Waals surface area contributed by atoms with Gasteiger partial charge in [-0.15, -0.1) is 0 Å². The van der Waals surface area contributed by atoms with Crippen molar-refractivity contribution in [3.63, 3.8) is 0 Å². The summed E-state index contributed by atoms with van der Waals surface area (Å²) in [7, 11) is 1.57. The molecule has 7 heteroatoms. The molecule has 0 fully saturated rings. The normalized spacial score (nSPS) is 13.1. The number of benzene rings is 1. The number of carbonyl (C=O) groups is 3. The van der Waals surface area contributed by atoms with Gasteiger partial charge in [0.15, 0.2) is 5.78 Å². The molecule has 0 unspecified atom stereocenters. The molecule has 2 rings (SSSR count). The van der Waals surface area contributed by atoms with Crippen LogP contribution in [0.1, 0.15) is 47.1 Å². The van der Waals surface area contributed by atoms with Crippen LogP contribution >= 0.6 is 0 Å². The first-order chi connectivity index (χ1) is 13.3. The number of H-pyrrole nitrogens is 1. The standard InChI is InChI=1S/C22H31N3O4/c1-14(26)22(5,6)25(7)19(27)18(24-20(28)29-21(2,3)4)12-15-13-23-17-11-9-8-10-16(15)17/h8-11,13,18,23H,12H2,1-7H3,(H,24,28)/t18-/m1/s1. The van der Waals surface area contributed by atoms with Gasteiger partial charge in [0.2, 0.25) is 5.91 Å². The highest BCUT2D eigenvalue weighted by Crippen LogP contribution is 2.21. The third-order valence-electron chi connectivity index (χ3n) is 5.12. The van der Waals surface area contributed by atoms with Crippen molar-refractivity contribution in [1.29, 1.82) is 0 Å². The number of ether oxygens (including phenoxy) is 1. The maximum Gasteiger partial charge on any atom is 0.408 e. The van der Waals surface area contributed by atoms with Gasteiger partial charge >= 0.3 is 6.09 Å². The van der Waals surface area contributed by atoms with Crippen LogP contribution in [0.2, 0.25) is 0 Å². The third kappa shape index (κ3) is 5.37. The summed E-state index contributed by atoms with van der Waals surface area (Å²) in [6, 6.07) is 6.87. The second kappa shape index (κ2) is 8.27. The van der Waals surface area contributed by atoms with E-state index in [1.165, 1.54) is 11.8 Å². The van der Waals surface area contributed by atoms with Gasteiger partial charge in [0.05, 0.1) is 5.54 Å². The number of para-hydroxylation sites is 1. The molecule has 1 atom stereocenters. The molecule has 0 saturated heterocycles. The number of rotatable bonds is 6. The molecule has 0 bridgehead atoms. The summed E-state index contributed by atoms with van der Waals surface area (Å²) in [6.07, 6.45) is 1.42. The smallest absolute Gasteiger partial charge is 0.408 e. The minimum Gasteiger partial charge on any atom is -0.444 e. The Morgan fingerprint density at radius 2 is 1.76 bits per heavy atom. The number of hydrogen-bond donors (Lipinski definition) is 2. The lowest BCUT2D eigenvalue weighted by Crippen LogP contribution is -2.57. The maximum absolute atomic E-state index is 13.3. The number of nitrogens with zero attached hydrogens (tertiary/aromatic N) is 1. The Kier molecular flexibility index (Phi) is 6.40. The molecule has 2 amide bonds. The Morgan fingerprint density at radius 3 is 2.34 bits per heavy atom. The largest absolute Gasteiger partial charge is 0.444 e. The summed E-state index contributed by atoms with van der Waals surface area (Å²) in [5.41, 5.74) is 0.154. The molecule has 2 N–H and O–H groups in total. The van der Waals surface area contributed by atoms with Crippen LogP contribution in [0.25, 0.3) is 10.9 Å². The van der Waals surface area contributed by atoms with Gasteiger partial charge in [0, 0.05) is 30.6 Å². The lowest BCUT2D eigenvalue weighted by molar-refractivity contribution is -0.143. The van der Waals surface area contributed by atoms with E-state index in [4.69, 9.17) is 4.74 Å². The van der Waals surface area contributed by atoms with Crippen LogP contribution in [-0.4, -0.2) is 51.9 Å². The lowest BCUT2D eigenvalue weighted by Gasteiger charge is -2.36. The molecule has 29 heavy (non-hydrogen) atoms. The highest BCUT2D eigenvalue weighted by atomic mass is 16.6. The molecule has 0 saturated carbocycles. The van der Waals surface area contributed by atoms with Gasteiger partial charge < -0.3 is 19.9 Å². The number of aromatic amines is 1. The number of fused-ring (bicyclic) bond motifs is 1. The number of ketones is 1.